The number of nitrogens with two attached hydrogens (primary N) is 1. The number of hydrogen-bond donors (Lipinski definition) is 1. The first kappa shape index (κ1) is 14.4. The van der Waals surface area contributed by atoms with Crippen LogP contribution in [0.1, 0.15) is 19.4 Å². The fraction of sp³-hybridized carbons (Fsp3) is 0.538. The Morgan fingerprint density at radius 3 is 2.53 bits per heavy atom. The lowest BCUT2D eigenvalue weighted by molar-refractivity contribution is 0.158. The topological polar surface area (TPSA) is 29.3 Å². The van der Waals surface area contributed by atoms with E-state index < -0.39 is 0 Å². The van der Waals surface area contributed by atoms with Gasteiger partial charge in [0.2, 0.25) is 0 Å². The molecule has 1 unspecified atom stereocenters. The van der Waals surface area contributed by atoms with E-state index in [-0.39, 0.29) is 22.4 Å². The molecule has 0 aliphatic rings. The number of likely N-dealkylation sites (N-methyl/N-ethyl adjacent to an activating group) is 1. The third-order valence-corrected chi connectivity index (χ3v) is 3.95. The van der Waals surface area contributed by atoms with Crippen molar-refractivity contribution < 1.29 is 4.39 Å². The minimum Gasteiger partial charge on any atom is -0.326 e. The zero-order valence-corrected chi connectivity index (χ0v) is 11.6. The summed E-state index contributed by atoms with van der Waals surface area (Å²) in [6.07, 6.45) is 0.557. The lowest BCUT2D eigenvalue weighted by atomic mass is 9.89. The van der Waals surface area contributed by atoms with Crippen LogP contribution in [-0.4, -0.2) is 30.6 Å². The molecule has 0 saturated heterocycles. The highest BCUT2D eigenvalue weighted by atomic mass is 35.5. The Kier molecular flexibility index (Phi) is 4.53. The summed E-state index contributed by atoms with van der Waals surface area (Å²) >= 11 is 5.92. The van der Waals surface area contributed by atoms with Crippen LogP contribution in [0.5, 0.6) is 0 Å². The Balaban J connectivity index is 2.88. The largest absolute Gasteiger partial charge is 0.326 e. The zero-order chi connectivity index (χ0) is 13.2. The Morgan fingerprint density at radius 2 is 2.00 bits per heavy atom. The molecule has 0 aromatic heterocycles. The van der Waals surface area contributed by atoms with E-state index in [1.165, 1.54) is 6.07 Å². The van der Waals surface area contributed by atoms with Crippen molar-refractivity contribution >= 4 is 11.6 Å². The maximum atomic E-state index is 13.3. The number of rotatable bonds is 4. The monoisotopic (exact) mass is 258 g/mol. The molecule has 1 aromatic carbocycles. The molecule has 1 atom stereocenters. The summed E-state index contributed by atoms with van der Waals surface area (Å²) in [4.78, 5) is 2.06. The maximum absolute atomic E-state index is 13.3. The highest BCUT2D eigenvalue weighted by Gasteiger charge is 2.29. The molecule has 0 fully saturated rings. The normalized spacial score (nSPS) is 14.1. The Hall–Kier alpha value is -0.640. The first-order chi connectivity index (χ1) is 7.76. The van der Waals surface area contributed by atoms with E-state index in [1.807, 2.05) is 20.2 Å². The van der Waals surface area contributed by atoms with Gasteiger partial charge in [0.1, 0.15) is 5.82 Å². The van der Waals surface area contributed by atoms with Crippen LogP contribution in [0, 0.1) is 5.82 Å². The van der Waals surface area contributed by atoms with Gasteiger partial charge >= 0.3 is 0 Å². The second-order valence-electron chi connectivity index (χ2n) is 5.07. The quantitative estimate of drug-likeness (QED) is 0.900. The van der Waals surface area contributed by atoms with Crippen LogP contribution in [0.4, 0.5) is 4.39 Å². The Labute approximate surface area is 108 Å². The van der Waals surface area contributed by atoms with Gasteiger partial charge in [-0.25, -0.2) is 4.39 Å². The molecule has 17 heavy (non-hydrogen) atoms. The number of nitrogens with zero attached hydrogens (tertiary/aromatic N) is 1. The van der Waals surface area contributed by atoms with E-state index in [1.54, 1.807) is 6.07 Å². The van der Waals surface area contributed by atoms with Crippen molar-refractivity contribution in [3.05, 3.63) is 34.6 Å². The van der Waals surface area contributed by atoms with E-state index in [2.05, 4.69) is 18.7 Å². The van der Waals surface area contributed by atoms with Gasteiger partial charge in [-0.15, -0.1) is 0 Å². The number of hydrogen-bond acceptors (Lipinski definition) is 2. The van der Waals surface area contributed by atoms with E-state index in [9.17, 15) is 4.39 Å². The molecule has 0 saturated carbocycles. The van der Waals surface area contributed by atoms with E-state index in [0.29, 0.717) is 6.42 Å². The van der Waals surface area contributed by atoms with Crippen LogP contribution >= 0.6 is 11.6 Å². The van der Waals surface area contributed by atoms with Gasteiger partial charge in [0, 0.05) is 11.6 Å². The van der Waals surface area contributed by atoms with Crippen LogP contribution in [0.3, 0.4) is 0 Å². The first-order valence-corrected chi connectivity index (χ1v) is 6.00. The zero-order valence-electron chi connectivity index (χ0n) is 10.8. The molecule has 0 aliphatic heterocycles. The van der Waals surface area contributed by atoms with Crippen molar-refractivity contribution in [2.75, 3.05) is 14.1 Å². The van der Waals surface area contributed by atoms with Crippen molar-refractivity contribution in [1.29, 1.82) is 0 Å². The smallest absolute Gasteiger partial charge is 0.142 e. The fourth-order valence-electron chi connectivity index (χ4n) is 1.52. The maximum Gasteiger partial charge on any atom is 0.142 e. The molecule has 0 amide bonds. The molecular weight excluding hydrogens is 239 g/mol. The second-order valence-corrected chi connectivity index (χ2v) is 5.45. The summed E-state index contributed by atoms with van der Waals surface area (Å²) in [6.45, 7) is 4.12. The average molecular weight is 259 g/mol. The average Bonchev–Trinajstić information content (AvgIpc) is 2.24. The van der Waals surface area contributed by atoms with E-state index in [0.717, 1.165) is 5.56 Å². The van der Waals surface area contributed by atoms with Gasteiger partial charge < -0.3 is 10.6 Å². The first-order valence-electron chi connectivity index (χ1n) is 5.62. The molecule has 0 radical (unpaired) electrons. The summed E-state index contributed by atoms with van der Waals surface area (Å²) < 4.78 is 13.3. The molecule has 2 nitrogen and oxygen atoms in total. The third-order valence-electron chi connectivity index (χ3n) is 3.53. The van der Waals surface area contributed by atoms with E-state index in [4.69, 9.17) is 17.3 Å². The van der Waals surface area contributed by atoms with Gasteiger partial charge in [-0.3, -0.25) is 0 Å². The summed E-state index contributed by atoms with van der Waals surface area (Å²) in [5, 5.41) is 0.178. The molecule has 0 aliphatic carbocycles. The van der Waals surface area contributed by atoms with Crippen molar-refractivity contribution in [3.8, 4) is 0 Å². The molecule has 1 rings (SSSR count). The molecular formula is C13H20ClFN2. The van der Waals surface area contributed by atoms with Crippen LogP contribution in [0.2, 0.25) is 5.02 Å². The fourth-order valence-corrected chi connectivity index (χ4v) is 1.73. The third kappa shape index (κ3) is 3.18. The molecule has 96 valence electrons. The van der Waals surface area contributed by atoms with Crippen molar-refractivity contribution in [1.82, 2.24) is 4.90 Å². The summed E-state index contributed by atoms with van der Waals surface area (Å²) in [7, 11) is 3.96. The van der Waals surface area contributed by atoms with Gasteiger partial charge in [0.15, 0.2) is 0 Å². The minimum atomic E-state index is -0.390. The van der Waals surface area contributed by atoms with Gasteiger partial charge in [-0.1, -0.05) is 23.7 Å². The van der Waals surface area contributed by atoms with Crippen LogP contribution in [-0.2, 0) is 6.42 Å². The highest BCUT2D eigenvalue weighted by Crippen LogP contribution is 2.24. The van der Waals surface area contributed by atoms with Gasteiger partial charge in [-0.05, 0) is 46.0 Å². The van der Waals surface area contributed by atoms with Crippen molar-refractivity contribution in [2.45, 2.75) is 31.8 Å². The van der Waals surface area contributed by atoms with Crippen molar-refractivity contribution in [2.24, 2.45) is 5.73 Å². The minimum absolute atomic E-state index is 0.114. The van der Waals surface area contributed by atoms with Gasteiger partial charge in [0.25, 0.3) is 0 Å². The van der Waals surface area contributed by atoms with Crippen LogP contribution < -0.4 is 5.73 Å². The summed E-state index contributed by atoms with van der Waals surface area (Å²) in [5.41, 5.74) is 6.77. The molecule has 0 spiro atoms. The van der Waals surface area contributed by atoms with Gasteiger partial charge in [0.05, 0.1) is 5.02 Å². The summed E-state index contributed by atoms with van der Waals surface area (Å²) in [6, 6.07) is 4.72. The molecule has 2 N–H and O–H groups in total. The number of benzene rings is 1. The highest BCUT2D eigenvalue weighted by molar-refractivity contribution is 6.31. The lowest BCUT2D eigenvalue weighted by Gasteiger charge is -2.38. The van der Waals surface area contributed by atoms with E-state index >= 15 is 0 Å². The number of halogens is 2. The molecule has 0 bridgehead atoms. The summed E-state index contributed by atoms with van der Waals surface area (Å²) in [5.74, 6) is -0.390. The SMILES string of the molecule is CN(C)C(C)(C)C(N)Cc1cccc(F)c1Cl. The molecule has 4 heteroatoms. The molecule has 0 heterocycles. The standard InChI is InChI=1S/C13H20ClFN2/c1-13(2,17(3)4)11(16)8-9-6-5-7-10(15)12(9)14/h5-7,11H,8,16H2,1-4H3. The lowest BCUT2D eigenvalue weighted by Crippen LogP contribution is -2.54. The predicted octanol–water partition coefficient (Wildman–Crippen LogP) is 2.69. The Morgan fingerprint density at radius 1 is 1.41 bits per heavy atom. The van der Waals surface area contributed by atoms with Crippen LogP contribution in [0.15, 0.2) is 18.2 Å². The van der Waals surface area contributed by atoms with Gasteiger partial charge in [-0.2, -0.15) is 0 Å². The van der Waals surface area contributed by atoms with Crippen LogP contribution in [0.25, 0.3) is 0 Å². The predicted molar refractivity (Wildman–Crippen MR) is 70.9 cm³/mol. The molecule has 1 aromatic rings. The van der Waals surface area contributed by atoms with Crippen molar-refractivity contribution in [3.63, 3.8) is 0 Å². The second kappa shape index (κ2) is 5.34. The Bertz CT molecular complexity index is 391.